The molecule has 1 fully saturated rings. The van der Waals surface area contributed by atoms with E-state index in [2.05, 4.69) is 0 Å². The number of fused-ring (bicyclic) bond motifs is 1. The van der Waals surface area contributed by atoms with E-state index in [-0.39, 0.29) is 41.5 Å². The van der Waals surface area contributed by atoms with E-state index < -0.39 is 22.2 Å². The number of nitrogens with zero attached hydrogens (tertiary/aromatic N) is 2. The summed E-state index contributed by atoms with van der Waals surface area (Å²) >= 11 is 0. The number of amides is 1. The molecule has 4 rings (SSSR count). The highest BCUT2D eigenvalue weighted by Crippen LogP contribution is 2.37. The van der Waals surface area contributed by atoms with Gasteiger partial charge in [-0.25, -0.2) is 8.42 Å². The van der Waals surface area contributed by atoms with E-state index in [1.807, 2.05) is 38.1 Å². The van der Waals surface area contributed by atoms with Gasteiger partial charge in [-0.15, -0.1) is 0 Å². The number of carbonyl (C=O) groups is 1. The van der Waals surface area contributed by atoms with Crippen LogP contribution in [-0.4, -0.2) is 67.5 Å². The van der Waals surface area contributed by atoms with Crippen molar-refractivity contribution in [1.29, 1.82) is 0 Å². The van der Waals surface area contributed by atoms with E-state index >= 15 is 0 Å². The predicted molar refractivity (Wildman–Crippen MR) is 136 cm³/mol. The zero-order valence-electron chi connectivity index (χ0n) is 21.0. The molecule has 2 aromatic rings. The molecule has 0 unspecified atom stereocenters. The van der Waals surface area contributed by atoms with E-state index in [1.165, 1.54) is 4.31 Å². The summed E-state index contributed by atoms with van der Waals surface area (Å²) in [6, 6.07) is 12.6. The quantitative estimate of drug-likeness (QED) is 0.654. The van der Waals surface area contributed by atoms with Crippen molar-refractivity contribution in [2.24, 2.45) is 11.8 Å². The molecular formula is C27H36N2O5S. The standard InChI is InChI=1S/C27H36N2O5S/c1-18-8-10-21(11-9-18)23-12-13-26-24(14-23)34-25(16-28(4)27(31)22-6-5-7-22)19(2)15-29(20(3)17-30)35(26,32)33/h8-14,19-20,22,25,30H,5-7,15-17H2,1-4H3/t19-,20+,25-/m0/s1. The second-order valence-electron chi connectivity index (χ2n) is 10.1. The van der Waals surface area contributed by atoms with Gasteiger partial charge in [0.2, 0.25) is 15.9 Å². The number of aliphatic hydroxyl groups excluding tert-OH is 1. The Morgan fingerprint density at radius 2 is 1.83 bits per heavy atom. The molecule has 2 aliphatic rings. The highest BCUT2D eigenvalue weighted by Gasteiger charge is 2.39. The van der Waals surface area contributed by atoms with Crippen LogP contribution in [0.2, 0.25) is 0 Å². The number of hydrogen-bond acceptors (Lipinski definition) is 5. The second kappa shape index (κ2) is 10.3. The van der Waals surface area contributed by atoms with Gasteiger partial charge in [-0.05, 0) is 49.9 Å². The Bertz CT molecular complexity index is 1160. The molecule has 0 spiro atoms. The Hall–Kier alpha value is -2.42. The molecule has 1 amide bonds. The van der Waals surface area contributed by atoms with Crippen LogP contribution in [0.4, 0.5) is 0 Å². The summed E-state index contributed by atoms with van der Waals surface area (Å²) in [5, 5.41) is 9.82. The number of ether oxygens (including phenoxy) is 1. The third kappa shape index (κ3) is 5.25. The summed E-state index contributed by atoms with van der Waals surface area (Å²) in [5.74, 6) is 0.275. The lowest BCUT2D eigenvalue weighted by atomic mass is 9.84. The molecule has 8 heteroatoms. The van der Waals surface area contributed by atoms with Gasteiger partial charge < -0.3 is 14.7 Å². The molecule has 3 atom stereocenters. The van der Waals surface area contributed by atoms with Gasteiger partial charge in [-0.3, -0.25) is 4.79 Å². The monoisotopic (exact) mass is 500 g/mol. The fourth-order valence-corrected chi connectivity index (χ4v) is 6.52. The van der Waals surface area contributed by atoms with Crippen molar-refractivity contribution in [3.63, 3.8) is 0 Å². The van der Waals surface area contributed by atoms with Crippen LogP contribution in [0.3, 0.4) is 0 Å². The Morgan fingerprint density at radius 3 is 2.43 bits per heavy atom. The summed E-state index contributed by atoms with van der Waals surface area (Å²) in [6.07, 6.45) is 2.53. The van der Waals surface area contributed by atoms with Gasteiger partial charge in [0.05, 0.1) is 13.2 Å². The summed E-state index contributed by atoms with van der Waals surface area (Å²) in [7, 11) is -2.11. The first-order valence-corrected chi connectivity index (χ1v) is 13.8. The summed E-state index contributed by atoms with van der Waals surface area (Å²) in [6.45, 7) is 5.94. The highest BCUT2D eigenvalue weighted by molar-refractivity contribution is 7.89. The normalized spacial score (nSPS) is 23.2. The fourth-order valence-electron chi connectivity index (χ4n) is 4.70. The number of likely N-dealkylation sites (N-methyl/N-ethyl adjacent to an activating group) is 1. The van der Waals surface area contributed by atoms with Gasteiger partial charge in [-0.2, -0.15) is 4.31 Å². The number of rotatable bonds is 6. The molecule has 1 saturated carbocycles. The molecule has 2 aromatic carbocycles. The van der Waals surface area contributed by atoms with Crippen molar-refractivity contribution in [3.8, 4) is 16.9 Å². The zero-order chi connectivity index (χ0) is 25.3. The van der Waals surface area contributed by atoms with Crippen LogP contribution in [-0.2, 0) is 14.8 Å². The minimum absolute atomic E-state index is 0.0792. The number of aliphatic hydroxyl groups is 1. The van der Waals surface area contributed by atoms with Gasteiger partial charge in [-0.1, -0.05) is 49.2 Å². The van der Waals surface area contributed by atoms with Crippen LogP contribution >= 0.6 is 0 Å². The van der Waals surface area contributed by atoms with E-state index in [4.69, 9.17) is 4.74 Å². The van der Waals surface area contributed by atoms with Crippen molar-refractivity contribution in [1.82, 2.24) is 9.21 Å². The topological polar surface area (TPSA) is 87.2 Å². The Labute approximate surface area is 208 Å². The molecule has 0 radical (unpaired) electrons. The third-order valence-corrected chi connectivity index (χ3v) is 9.36. The van der Waals surface area contributed by atoms with E-state index in [0.717, 1.165) is 36.0 Å². The van der Waals surface area contributed by atoms with Crippen molar-refractivity contribution < 1.29 is 23.1 Å². The van der Waals surface area contributed by atoms with Crippen LogP contribution in [0.1, 0.15) is 38.7 Å². The van der Waals surface area contributed by atoms with E-state index in [1.54, 1.807) is 37.1 Å². The minimum Gasteiger partial charge on any atom is -0.487 e. The van der Waals surface area contributed by atoms with E-state index in [9.17, 15) is 18.3 Å². The maximum Gasteiger partial charge on any atom is 0.247 e. The number of hydrogen-bond donors (Lipinski definition) is 1. The van der Waals surface area contributed by atoms with Crippen LogP contribution in [0.5, 0.6) is 5.75 Å². The Morgan fingerprint density at radius 1 is 1.17 bits per heavy atom. The molecule has 7 nitrogen and oxygen atoms in total. The van der Waals surface area contributed by atoms with Crippen molar-refractivity contribution in [3.05, 3.63) is 48.0 Å². The summed E-state index contributed by atoms with van der Waals surface area (Å²) in [4.78, 5) is 14.6. The van der Waals surface area contributed by atoms with Crippen LogP contribution in [0.25, 0.3) is 11.1 Å². The number of sulfonamides is 1. The zero-order valence-corrected chi connectivity index (χ0v) is 21.8. The first-order chi connectivity index (χ1) is 16.6. The second-order valence-corrected chi connectivity index (χ2v) is 12.0. The lowest BCUT2D eigenvalue weighted by Crippen LogP contribution is -2.50. The molecule has 0 bridgehead atoms. The molecule has 1 aliphatic carbocycles. The van der Waals surface area contributed by atoms with E-state index in [0.29, 0.717) is 6.54 Å². The Kier molecular flexibility index (Phi) is 7.54. The third-order valence-electron chi connectivity index (χ3n) is 7.34. The molecule has 1 heterocycles. The number of aryl methyl sites for hydroxylation is 1. The highest BCUT2D eigenvalue weighted by atomic mass is 32.2. The first kappa shape index (κ1) is 25.7. The van der Waals surface area contributed by atoms with Gasteiger partial charge in [0.1, 0.15) is 16.7 Å². The molecule has 0 aromatic heterocycles. The predicted octanol–water partition coefficient (Wildman–Crippen LogP) is 3.69. The average Bonchev–Trinajstić information content (AvgIpc) is 2.79. The van der Waals surface area contributed by atoms with Crippen molar-refractivity contribution in [2.45, 2.75) is 57.1 Å². The summed E-state index contributed by atoms with van der Waals surface area (Å²) < 4.78 is 35.1. The minimum atomic E-state index is -3.90. The van der Waals surface area contributed by atoms with Crippen LogP contribution in [0.15, 0.2) is 47.4 Å². The fraction of sp³-hybridized carbons (Fsp3) is 0.519. The number of carbonyl (C=O) groups excluding carboxylic acids is 1. The van der Waals surface area contributed by atoms with Gasteiger partial charge >= 0.3 is 0 Å². The molecular weight excluding hydrogens is 464 g/mol. The first-order valence-electron chi connectivity index (χ1n) is 12.4. The maximum absolute atomic E-state index is 13.7. The van der Waals surface area contributed by atoms with Crippen molar-refractivity contribution in [2.75, 3.05) is 26.7 Å². The van der Waals surface area contributed by atoms with Crippen LogP contribution in [0, 0.1) is 18.8 Å². The molecule has 1 N–H and O–H groups in total. The molecule has 0 saturated heterocycles. The van der Waals surface area contributed by atoms with Gasteiger partial charge in [0.15, 0.2) is 0 Å². The lowest BCUT2D eigenvalue weighted by molar-refractivity contribution is -0.138. The molecule has 35 heavy (non-hydrogen) atoms. The lowest BCUT2D eigenvalue weighted by Gasteiger charge is -2.38. The average molecular weight is 501 g/mol. The maximum atomic E-state index is 13.7. The van der Waals surface area contributed by atoms with Gasteiger partial charge in [0.25, 0.3) is 0 Å². The van der Waals surface area contributed by atoms with Crippen molar-refractivity contribution >= 4 is 15.9 Å². The SMILES string of the molecule is Cc1ccc(-c2ccc3c(c2)O[C@@H](CN(C)C(=O)C2CCC2)[C@@H](C)CN([C@H](C)CO)S3(=O)=O)cc1. The smallest absolute Gasteiger partial charge is 0.247 e. The largest absolute Gasteiger partial charge is 0.487 e. The van der Waals surface area contributed by atoms with Gasteiger partial charge in [0, 0.05) is 31.5 Å². The number of benzene rings is 2. The Balaban J connectivity index is 1.74. The summed E-state index contributed by atoms with van der Waals surface area (Å²) in [5.41, 5.74) is 2.95. The van der Waals surface area contributed by atoms with Crippen LogP contribution < -0.4 is 4.74 Å². The molecule has 190 valence electrons. The molecule has 1 aliphatic heterocycles.